The highest BCUT2D eigenvalue weighted by Gasteiger charge is 2.21. The fourth-order valence-corrected chi connectivity index (χ4v) is 2.38. The summed E-state index contributed by atoms with van der Waals surface area (Å²) >= 11 is 0. The number of amides is 1. The standard InChI is InChI=1S/C16H17N3O/c20-16-5-3-11-19(16)15-8-6-13(7-9-15)18-12-14-4-1-2-10-17-14/h1-2,4,6-10,18H,3,5,11-12H2. The molecule has 0 spiro atoms. The molecule has 102 valence electrons. The van der Waals surface area contributed by atoms with Crippen LogP contribution >= 0.6 is 0 Å². The molecule has 0 bridgehead atoms. The second-order valence-electron chi connectivity index (χ2n) is 4.87. The van der Waals surface area contributed by atoms with E-state index < -0.39 is 0 Å². The maximum Gasteiger partial charge on any atom is 0.227 e. The van der Waals surface area contributed by atoms with Crippen LogP contribution in [0.4, 0.5) is 11.4 Å². The van der Waals surface area contributed by atoms with E-state index in [0.29, 0.717) is 13.0 Å². The van der Waals surface area contributed by atoms with Crippen LogP contribution in [-0.4, -0.2) is 17.4 Å². The number of rotatable bonds is 4. The fourth-order valence-electron chi connectivity index (χ4n) is 2.38. The van der Waals surface area contributed by atoms with Gasteiger partial charge in [-0.05, 0) is 42.8 Å². The second kappa shape index (κ2) is 5.74. The van der Waals surface area contributed by atoms with Crippen molar-refractivity contribution in [2.45, 2.75) is 19.4 Å². The lowest BCUT2D eigenvalue weighted by molar-refractivity contribution is -0.117. The molecule has 0 aliphatic carbocycles. The Bertz CT molecular complexity index is 580. The van der Waals surface area contributed by atoms with Crippen molar-refractivity contribution in [3.8, 4) is 0 Å². The van der Waals surface area contributed by atoms with Crippen LogP contribution in [0.25, 0.3) is 0 Å². The minimum Gasteiger partial charge on any atom is -0.379 e. The first kappa shape index (κ1) is 12.7. The number of carbonyl (C=O) groups is 1. The number of anilines is 2. The van der Waals surface area contributed by atoms with Gasteiger partial charge in [-0.25, -0.2) is 0 Å². The fraction of sp³-hybridized carbons (Fsp3) is 0.250. The average molecular weight is 267 g/mol. The van der Waals surface area contributed by atoms with Crippen molar-refractivity contribution in [2.24, 2.45) is 0 Å². The third-order valence-corrected chi connectivity index (χ3v) is 3.45. The first-order chi connectivity index (χ1) is 9.83. The number of aromatic nitrogens is 1. The quantitative estimate of drug-likeness (QED) is 0.926. The summed E-state index contributed by atoms with van der Waals surface area (Å²) in [6.07, 6.45) is 3.41. The van der Waals surface area contributed by atoms with Crippen LogP contribution < -0.4 is 10.2 Å². The highest BCUT2D eigenvalue weighted by Crippen LogP contribution is 2.23. The van der Waals surface area contributed by atoms with Crippen LogP contribution in [0, 0.1) is 0 Å². The summed E-state index contributed by atoms with van der Waals surface area (Å²) in [5.41, 5.74) is 3.02. The van der Waals surface area contributed by atoms with Gasteiger partial charge in [0.1, 0.15) is 0 Å². The molecule has 1 N–H and O–H groups in total. The molecule has 4 nitrogen and oxygen atoms in total. The molecule has 1 aliphatic rings. The summed E-state index contributed by atoms with van der Waals surface area (Å²) in [6, 6.07) is 13.9. The number of hydrogen-bond acceptors (Lipinski definition) is 3. The van der Waals surface area contributed by atoms with Gasteiger partial charge in [-0.15, -0.1) is 0 Å². The highest BCUT2D eigenvalue weighted by molar-refractivity contribution is 5.95. The van der Waals surface area contributed by atoms with Crippen molar-refractivity contribution in [1.29, 1.82) is 0 Å². The van der Waals surface area contributed by atoms with E-state index in [4.69, 9.17) is 0 Å². The number of pyridine rings is 1. The Balaban J connectivity index is 1.63. The van der Waals surface area contributed by atoms with E-state index in [9.17, 15) is 4.79 Å². The van der Waals surface area contributed by atoms with E-state index in [1.807, 2.05) is 47.4 Å². The minimum absolute atomic E-state index is 0.221. The molecule has 2 heterocycles. The van der Waals surface area contributed by atoms with Gasteiger partial charge in [0.2, 0.25) is 5.91 Å². The van der Waals surface area contributed by atoms with E-state index in [1.54, 1.807) is 6.20 Å². The van der Waals surface area contributed by atoms with E-state index in [1.165, 1.54) is 0 Å². The lowest BCUT2D eigenvalue weighted by Crippen LogP contribution is -2.23. The van der Waals surface area contributed by atoms with E-state index in [0.717, 1.165) is 30.0 Å². The van der Waals surface area contributed by atoms with Gasteiger partial charge in [0.25, 0.3) is 0 Å². The molecule has 0 unspecified atom stereocenters. The maximum absolute atomic E-state index is 11.7. The highest BCUT2D eigenvalue weighted by atomic mass is 16.2. The van der Waals surface area contributed by atoms with Gasteiger partial charge in [0.15, 0.2) is 0 Å². The minimum atomic E-state index is 0.221. The predicted octanol–water partition coefficient (Wildman–Crippen LogP) is 2.82. The largest absolute Gasteiger partial charge is 0.379 e. The predicted molar refractivity (Wildman–Crippen MR) is 79.6 cm³/mol. The number of hydrogen-bond donors (Lipinski definition) is 1. The zero-order valence-corrected chi connectivity index (χ0v) is 11.2. The molecule has 0 atom stereocenters. The lowest BCUT2D eigenvalue weighted by atomic mass is 10.2. The molecular formula is C16H17N3O. The Labute approximate surface area is 118 Å². The van der Waals surface area contributed by atoms with Crippen LogP contribution in [0.15, 0.2) is 48.7 Å². The molecule has 0 saturated carbocycles. The third-order valence-electron chi connectivity index (χ3n) is 3.45. The summed E-state index contributed by atoms with van der Waals surface area (Å²) in [7, 11) is 0. The zero-order valence-electron chi connectivity index (χ0n) is 11.2. The summed E-state index contributed by atoms with van der Waals surface area (Å²) < 4.78 is 0. The van der Waals surface area contributed by atoms with Gasteiger partial charge in [-0.3, -0.25) is 9.78 Å². The van der Waals surface area contributed by atoms with Crippen LogP contribution in [0.3, 0.4) is 0 Å². The molecule has 20 heavy (non-hydrogen) atoms. The Hall–Kier alpha value is -2.36. The van der Waals surface area contributed by atoms with Crippen LogP contribution in [-0.2, 0) is 11.3 Å². The summed E-state index contributed by atoms with van der Waals surface area (Å²) in [5, 5.41) is 3.32. The normalized spacial score (nSPS) is 14.6. The summed E-state index contributed by atoms with van der Waals surface area (Å²) in [4.78, 5) is 17.8. The molecule has 4 heteroatoms. The smallest absolute Gasteiger partial charge is 0.227 e. The van der Waals surface area contributed by atoms with E-state index >= 15 is 0 Å². The number of nitrogens with zero attached hydrogens (tertiary/aromatic N) is 2. The Morgan fingerprint density at radius 1 is 1.15 bits per heavy atom. The van der Waals surface area contributed by atoms with Crippen molar-refractivity contribution in [3.63, 3.8) is 0 Å². The Morgan fingerprint density at radius 3 is 2.65 bits per heavy atom. The molecule has 3 rings (SSSR count). The topological polar surface area (TPSA) is 45.2 Å². The molecule has 1 amide bonds. The third kappa shape index (κ3) is 2.79. The van der Waals surface area contributed by atoms with Crippen molar-refractivity contribution in [1.82, 2.24) is 4.98 Å². The second-order valence-corrected chi connectivity index (χ2v) is 4.87. The van der Waals surface area contributed by atoms with E-state index in [2.05, 4.69) is 10.3 Å². The van der Waals surface area contributed by atoms with Crippen molar-refractivity contribution in [2.75, 3.05) is 16.8 Å². The van der Waals surface area contributed by atoms with Crippen molar-refractivity contribution >= 4 is 17.3 Å². The molecule has 1 aromatic heterocycles. The molecule has 1 aliphatic heterocycles. The Kier molecular flexibility index (Phi) is 3.63. The number of benzene rings is 1. The SMILES string of the molecule is O=C1CCCN1c1ccc(NCc2ccccn2)cc1. The zero-order chi connectivity index (χ0) is 13.8. The number of nitrogens with one attached hydrogen (secondary N) is 1. The van der Waals surface area contributed by atoms with Crippen LogP contribution in [0.2, 0.25) is 0 Å². The van der Waals surface area contributed by atoms with Crippen molar-refractivity contribution in [3.05, 3.63) is 54.4 Å². The van der Waals surface area contributed by atoms with Crippen LogP contribution in [0.5, 0.6) is 0 Å². The first-order valence-electron chi connectivity index (χ1n) is 6.87. The molecule has 1 saturated heterocycles. The Morgan fingerprint density at radius 2 is 2.00 bits per heavy atom. The van der Waals surface area contributed by atoms with Crippen molar-refractivity contribution < 1.29 is 4.79 Å². The summed E-state index contributed by atoms with van der Waals surface area (Å²) in [6.45, 7) is 1.53. The van der Waals surface area contributed by atoms with Gasteiger partial charge < -0.3 is 10.2 Å². The van der Waals surface area contributed by atoms with Crippen LogP contribution in [0.1, 0.15) is 18.5 Å². The molecule has 1 fully saturated rings. The monoisotopic (exact) mass is 267 g/mol. The lowest BCUT2D eigenvalue weighted by Gasteiger charge is -2.16. The van der Waals surface area contributed by atoms with E-state index in [-0.39, 0.29) is 5.91 Å². The molecule has 2 aromatic rings. The first-order valence-corrected chi connectivity index (χ1v) is 6.87. The maximum atomic E-state index is 11.7. The number of carbonyl (C=O) groups excluding carboxylic acids is 1. The van der Waals surface area contributed by atoms with Gasteiger partial charge in [-0.2, -0.15) is 0 Å². The van der Waals surface area contributed by atoms with Gasteiger partial charge in [0.05, 0.1) is 12.2 Å². The average Bonchev–Trinajstić information content (AvgIpc) is 2.93. The van der Waals surface area contributed by atoms with Gasteiger partial charge in [-0.1, -0.05) is 6.07 Å². The van der Waals surface area contributed by atoms with Gasteiger partial charge >= 0.3 is 0 Å². The molecule has 0 radical (unpaired) electrons. The molecule has 1 aromatic carbocycles. The summed E-state index contributed by atoms with van der Waals surface area (Å²) in [5.74, 6) is 0.221. The van der Waals surface area contributed by atoms with Gasteiger partial charge in [0, 0.05) is 30.5 Å². The molecular weight excluding hydrogens is 250 g/mol.